The Morgan fingerprint density at radius 3 is 2.55 bits per heavy atom. The van der Waals surface area contributed by atoms with E-state index in [1.165, 1.54) is 0 Å². The summed E-state index contributed by atoms with van der Waals surface area (Å²) in [6, 6.07) is 14.0. The van der Waals surface area contributed by atoms with Gasteiger partial charge in [-0.1, -0.05) is 36.4 Å². The van der Waals surface area contributed by atoms with Gasteiger partial charge in [-0.15, -0.1) is 0 Å². The van der Waals surface area contributed by atoms with Crippen molar-refractivity contribution in [2.75, 3.05) is 5.32 Å². The fourth-order valence-corrected chi connectivity index (χ4v) is 3.49. The number of primary amides is 1. The predicted octanol–water partition coefficient (Wildman–Crippen LogP) is 4.66. The fourth-order valence-electron chi connectivity index (χ4n) is 3.49. The average molecular weight is 425 g/mol. The van der Waals surface area contributed by atoms with Gasteiger partial charge in [0.25, 0.3) is 0 Å². The molecule has 6 nitrogen and oxygen atoms in total. The summed E-state index contributed by atoms with van der Waals surface area (Å²) in [5.74, 6) is -0.937. The number of H-pyrrole nitrogens is 1. The lowest BCUT2D eigenvalue weighted by molar-refractivity contribution is -0.137. The molecule has 2 heterocycles. The SMILES string of the molecule is Cc1[nH]c2cccc(C(N)=O)c2c1-c1ncc(C(F)(F)F)c(NCc2ccccc2)n1. The van der Waals surface area contributed by atoms with E-state index in [0.29, 0.717) is 22.2 Å². The molecule has 0 fully saturated rings. The van der Waals surface area contributed by atoms with E-state index in [1.807, 2.05) is 6.07 Å². The molecule has 158 valence electrons. The standard InChI is InChI=1S/C22H18F3N5O/c1-12-17(18-14(19(26)31)8-5-9-16(18)29-12)21-28-11-15(22(23,24)25)20(30-21)27-10-13-6-3-2-4-7-13/h2-9,11,29H,10H2,1H3,(H2,26,31)(H,27,28,30). The largest absolute Gasteiger partial charge is 0.421 e. The van der Waals surface area contributed by atoms with Crippen LogP contribution in [0.25, 0.3) is 22.3 Å². The molecule has 0 aliphatic rings. The minimum absolute atomic E-state index is 0.0565. The lowest BCUT2D eigenvalue weighted by Gasteiger charge is -2.15. The highest BCUT2D eigenvalue weighted by atomic mass is 19.4. The first kappa shape index (κ1) is 20.4. The number of halogens is 3. The first-order valence-electron chi connectivity index (χ1n) is 9.39. The molecule has 1 amide bonds. The van der Waals surface area contributed by atoms with Crippen molar-refractivity contribution < 1.29 is 18.0 Å². The molecule has 9 heteroatoms. The van der Waals surface area contributed by atoms with Gasteiger partial charge >= 0.3 is 6.18 Å². The second kappa shape index (κ2) is 7.75. The highest BCUT2D eigenvalue weighted by molar-refractivity contribution is 6.11. The molecule has 0 radical (unpaired) electrons. The summed E-state index contributed by atoms with van der Waals surface area (Å²) in [6.45, 7) is 1.89. The smallest absolute Gasteiger partial charge is 0.366 e. The molecular formula is C22H18F3N5O. The average Bonchev–Trinajstić information content (AvgIpc) is 3.07. The van der Waals surface area contributed by atoms with Gasteiger partial charge in [0.15, 0.2) is 5.82 Å². The summed E-state index contributed by atoms with van der Waals surface area (Å²) < 4.78 is 40.7. The minimum atomic E-state index is -4.63. The number of benzene rings is 2. The molecule has 0 bridgehead atoms. The van der Waals surface area contributed by atoms with Gasteiger partial charge in [0, 0.05) is 40.5 Å². The van der Waals surface area contributed by atoms with E-state index >= 15 is 0 Å². The number of hydrogen-bond donors (Lipinski definition) is 3. The monoisotopic (exact) mass is 425 g/mol. The van der Waals surface area contributed by atoms with E-state index in [9.17, 15) is 18.0 Å². The number of aryl methyl sites for hydroxylation is 1. The fraction of sp³-hybridized carbons (Fsp3) is 0.136. The van der Waals surface area contributed by atoms with Gasteiger partial charge in [0.05, 0.1) is 0 Å². The zero-order valence-corrected chi connectivity index (χ0v) is 16.4. The number of nitrogens with one attached hydrogen (secondary N) is 2. The Morgan fingerprint density at radius 1 is 1.13 bits per heavy atom. The van der Waals surface area contributed by atoms with Crippen LogP contribution in [0.3, 0.4) is 0 Å². The van der Waals surface area contributed by atoms with E-state index in [1.54, 1.807) is 49.4 Å². The van der Waals surface area contributed by atoms with Gasteiger partial charge < -0.3 is 16.0 Å². The predicted molar refractivity (Wildman–Crippen MR) is 111 cm³/mol. The maximum Gasteiger partial charge on any atom is 0.421 e. The topological polar surface area (TPSA) is 96.7 Å². The van der Waals surface area contributed by atoms with Crippen LogP contribution in [0.2, 0.25) is 0 Å². The van der Waals surface area contributed by atoms with Crippen LogP contribution >= 0.6 is 0 Å². The first-order valence-corrected chi connectivity index (χ1v) is 9.39. The number of anilines is 1. The van der Waals surface area contributed by atoms with Crippen molar-refractivity contribution in [2.45, 2.75) is 19.6 Å². The Morgan fingerprint density at radius 2 is 1.87 bits per heavy atom. The molecule has 0 saturated carbocycles. The third kappa shape index (κ3) is 3.94. The third-order valence-corrected chi connectivity index (χ3v) is 4.90. The number of aromatic nitrogens is 3. The molecule has 0 atom stereocenters. The highest BCUT2D eigenvalue weighted by Gasteiger charge is 2.35. The molecule has 4 aromatic rings. The molecule has 31 heavy (non-hydrogen) atoms. The number of nitrogens with two attached hydrogens (primary N) is 1. The lowest BCUT2D eigenvalue weighted by Crippen LogP contribution is -2.14. The number of rotatable bonds is 5. The molecule has 4 rings (SSSR count). The van der Waals surface area contributed by atoms with E-state index < -0.39 is 17.6 Å². The second-order valence-corrected chi connectivity index (χ2v) is 7.01. The molecule has 0 aliphatic carbocycles. The Kier molecular flexibility index (Phi) is 5.10. The molecule has 0 spiro atoms. The van der Waals surface area contributed by atoms with Gasteiger partial charge in [-0.05, 0) is 24.6 Å². The molecule has 2 aromatic carbocycles. The quantitative estimate of drug-likeness (QED) is 0.433. The number of carbonyl (C=O) groups is 1. The van der Waals surface area contributed by atoms with Crippen LogP contribution in [0, 0.1) is 6.92 Å². The molecule has 4 N–H and O–H groups in total. The zero-order chi connectivity index (χ0) is 22.2. The molecule has 0 unspecified atom stereocenters. The normalized spacial score (nSPS) is 11.6. The van der Waals surface area contributed by atoms with Crippen molar-refractivity contribution in [1.29, 1.82) is 0 Å². The van der Waals surface area contributed by atoms with E-state index in [-0.39, 0.29) is 23.8 Å². The Hall–Kier alpha value is -3.88. The van der Waals surface area contributed by atoms with Gasteiger partial charge in [-0.25, -0.2) is 9.97 Å². The summed E-state index contributed by atoms with van der Waals surface area (Å²) in [6.07, 6.45) is -3.88. The summed E-state index contributed by atoms with van der Waals surface area (Å²) in [4.78, 5) is 23.2. The zero-order valence-electron chi connectivity index (χ0n) is 16.4. The van der Waals surface area contributed by atoms with E-state index in [0.717, 1.165) is 11.8 Å². The van der Waals surface area contributed by atoms with Crippen LogP contribution in [0.15, 0.2) is 54.7 Å². The maximum atomic E-state index is 13.6. The lowest BCUT2D eigenvalue weighted by atomic mass is 10.0. The molecule has 2 aromatic heterocycles. The van der Waals surface area contributed by atoms with Crippen molar-refractivity contribution in [1.82, 2.24) is 15.0 Å². The van der Waals surface area contributed by atoms with Crippen molar-refractivity contribution >= 4 is 22.6 Å². The second-order valence-electron chi connectivity index (χ2n) is 7.01. The van der Waals surface area contributed by atoms with Gasteiger partial charge in [-0.3, -0.25) is 4.79 Å². The summed E-state index contributed by atoms with van der Waals surface area (Å²) in [5, 5.41) is 3.24. The van der Waals surface area contributed by atoms with Crippen molar-refractivity contribution in [3.8, 4) is 11.4 Å². The molecule has 0 saturated heterocycles. The Balaban J connectivity index is 1.85. The van der Waals surface area contributed by atoms with Crippen LogP contribution in [-0.2, 0) is 12.7 Å². The van der Waals surface area contributed by atoms with Crippen molar-refractivity contribution in [3.05, 3.63) is 77.1 Å². The molecule has 0 aliphatic heterocycles. The van der Waals surface area contributed by atoms with Crippen LogP contribution in [-0.4, -0.2) is 20.9 Å². The number of hydrogen-bond acceptors (Lipinski definition) is 4. The Bertz CT molecular complexity index is 1270. The van der Waals surface area contributed by atoms with Crippen LogP contribution in [0.4, 0.5) is 19.0 Å². The summed E-state index contributed by atoms with van der Waals surface area (Å²) in [5.41, 5.74) is 7.23. The van der Waals surface area contributed by atoms with Crippen molar-refractivity contribution in [2.24, 2.45) is 5.73 Å². The number of carbonyl (C=O) groups excluding carboxylic acids is 1. The van der Waals surface area contributed by atoms with Crippen LogP contribution in [0.1, 0.15) is 27.2 Å². The number of alkyl halides is 3. The number of fused-ring (bicyclic) bond motifs is 1. The number of aromatic amines is 1. The molecular weight excluding hydrogens is 407 g/mol. The van der Waals surface area contributed by atoms with Gasteiger partial charge in [0.1, 0.15) is 11.4 Å². The van der Waals surface area contributed by atoms with E-state index in [2.05, 4.69) is 20.3 Å². The summed E-state index contributed by atoms with van der Waals surface area (Å²) in [7, 11) is 0. The van der Waals surface area contributed by atoms with E-state index in [4.69, 9.17) is 5.73 Å². The van der Waals surface area contributed by atoms with Crippen molar-refractivity contribution in [3.63, 3.8) is 0 Å². The number of amides is 1. The van der Waals surface area contributed by atoms with Crippen LogP contribution < -0.4 is 11.1 Å². The van der Waals surface area contributed by atoms with Gasteiger partial charge in [0.2, 0.25) is 5.91 Å². The number of nitrogens with zero attached hydrogens (tertiary/aromatic N) is 2. The minimum Gasteiger partial charge on any atom is -0.366 e. The van der Waals surface area contributed by atoms with Crippen LogP contribution in [0.5, 0.6) is 0 Å². The Labute approximate surface area is 175 Å². The highest BCUT2D eigenvalue weighted by Crippen LogP contribution is 2.37. The van der Waals surface area contributed by atoms with Gasteiger partial charge in [-0.2, -0.15) is 13.2 Å². The summed E-state index contributed by atoms with van der Waals surface area (Å²) >= 11 is 0. The maximum absolute atomic E-state index is 13.6. The third-order valence-electron chi connectivity index (χ3n) is 4.90. The first-order chi connectivity index (χ1) is 14.8.